The molecule has 1 aromatic carbocycles. The summed E-state index contributed by atoms with van der Waals surface area (Å²) in [6.45, 7) is 2.20. The van der Waals surface area contributed by atoms with Crippen LogP contribution >= 0.6 is 0 Å². The Morgan fingerprint density at radius 3 is 2.59 bits per heavy atom. The van der Waals surface area contributed by atoms with Gasteiger partial charge in [0.25, 0.3) is 0 Å². The van der Waals surface area contributed by atoms with Crippen LogP contribution in [0.1, 0.15) is 31.2 Å². The molecule has 2 heteroatoms. The van der Waals surface area contributed by atoms with Gasteiger partial charge in [0, 0.05) is 24.8 Å². The maximum atomic E-state index is 3.48. The predicted octanol–water partition coefficient (Wildman–Crippen LogP) is 2.96. The molecule has 0 bridgehead atoms. The molecule has 1 saturated carbocycles. The molecular formula is C15H24N2. The Morgan fingerprint density at radius 1 is 1.18 bits per heavy atom. The second kappa shape index (κ2) is 5.54. The van der Waals surface area contributed by atoms with E-state index in [-0.39, 0.29) is 0 Å². The van der Waals surface area contributed by atoms with Crippen LogP contribution in [0.5, 0.6) is 0 Å². The van der Waals surface area contributed by atoms with Crippen molar-refractivity contribution in [1.82, 2.24) is 5.32 Å². The minimum Gasteiger partial charge on any atom is -0.370 e. The van der Waals surface area contributed by atoms with Crippen molar-refractivity contribution < 1.29 is 0 Å². The Labute approximate surface area is 105 Å². The van der Waals surface area contributed by atoms with Crippen LogP contribution < -0.4 is 10.2 Å². The predicted molar refractivity (Wildman–Crippen MR) is 74.7 cm³/mol. The lowest BCUT2D eigenvalue weighted by atomic mass is 9.89. The van der Waals surface area contributed by atoms with Gasteiger partial charge >= 0.3 is 0 Å². The van der Waals surface area contributed by atoms with Gasteiger partial charge in [-0.1, -0.05) is 31.0 Å². The Morgan fingerprint density at radius 2 is 1.88 bits per heavy atom. The van der Waals surface area contributed by atoms with Gasteiger partial charge in [-0.25, -0.2) is 0 Å². The lowest BCUT2D eigenvalue weighted by Gasteiger charge is -2.39. The molecule has 2 rings (SSSR count). The van der Waals surface area contributed by atoms with Crippen molar-refractivity contribution in [1.29, 1.82) is 0 Å². The summed E-state index contributed by atoms with van der Waals surface area (Å²) in [6, 6.07) is 9.95. The van der Waals surface area contributed by atoms with E-state index in [9.17, 15) is 0 Å². The molecular weight excluding hydrogens is 208 g/mol. The van der Waals surface area contributed by atoms with E-state index in [2.05, 4.69) is 55.5 Å². The summed E-state index contributed by atoms with van der Waals surface area (Å²) >= 11 is 0. The Kier molecular flexibility index (Phi) is 4.06. The van der Waals surface area contributed by atoms with E-state index in [1.54, 1.807) is 0 Å². The van der Waals surface area contributed by atoms with Gasteiger partial charge < -0.3 is 10.2 Å². The third-order valence-electron chi connectivity index (χ3n) is 4.09. The summed E-state index contributed by atoms with van der Waals surface area (Å²) in [7, 11) is 4.33. The number of hydrogen-bond donors (Lipinski definition) is 1. The normalized spacial score (nSPS) is 24.6. The molecule has 1 aliphatic carbocycles. The fourth-order valence-corrected chi connectivity index (χ4v) is 3.05. The van der Waals surface area contributed by atoms with Crippen molar-refractivity contribution in [2.45, 2.75) is 44.7 Å². The zero-order chi connectivity index (χ0) is 12.3. The Hall–Kier alpha value is -1.02. The number of nitrogens with zero attached hydrogens (tertiary/aromatic N) is 1. The number of para-hydroxylation sites is 1. The molecule has 0 radical (unpaired) electrons. The molecule has 0 heterocycles. The van der Waals surface area contributed by atoms with Gasteiger partial charge in [-0.2, -0.15) is 0 Å². The van der Waals surface area contributed by atoms with E-state index in [0.29, 0.717) is 12.1 Å². The van der Waals surface area contributed by atoms with E-state index >= 15 is 0 Å². The van der Waals surface area contributed by atoms with Crippen molar-refractivity contribution in [3.63, 3.8) is 0 Å². The van der Waals surface area contributed by atoms with Crippen LogP contribution in [0.3, 0.4) is 0 Å². The van der Waals surface area contributed by atoms with E-state index in [4.69, 9.17) is 0 Å². The number of aryl methyl sites for hydroxylation is 1. The zero-order valence-corrected chi connectivity index (χ0v) is 11.2. The molecule has 0 spiro atoms. The van der Waals surface area contributed by atoms with Gasteiger partial charge in [-0.3, -0.25) is 0 Å². The fraction of sp³-hybridized carbons (Fsp3) is 0.600. The van der Waals surface area contributed by atoms with Gasteiger partial charge in [0.2, 0.25) is 0 Å². The highest BCUT2D eigenvalue weighted by molar-refractivity contribution is 5.53. The number of hydrogen-bond acceptors (Lipinski definition) is 2. The zero-order valence-electron chi connectivity index (χ0n) is 11.2. The molecule has 0 aliphatic heterocycles. The standard InChI is InChI=1S/C15H24N2/c1-12-8-4-6-10-14(12)17(3)15-11-7-5-9-13(15)16-2/h4,6,8,10,13,15-16H,5,7,9,11H2,1-3H3. The summed E-state index contributed by atoms with van der Waals surface area (Å²) in [4.78, 5) is 2.47. The van der Waals surface area contributed by atoms with Gasteiger partial charge in [-0.05, 0) is 38.4 Å². The molecule has 1 aromatic rings. The molecule has 2 nitrogen and oxygen atoms in total. The summed E-state index contributed by atoms with van der Waals surface area (Å²) in [5.74, 6) is 0. The highest BCUT2D eigenvalue weighted by atomic mass is 15.2. The van der Waals surface area contributed by atoms with Gasteiger partial charge in [0.15, 0.2) is 0 Å². The number of benzene rings is 1. The first-order valence-corrected chi connectivity index (χ1v) is 6.69. The number of anilines is 1. The maximum Gasteiger partial charge on any atom is 0.0439 e. The molecule has 1 N–H and O–H groups in total. The van der Waals surface area contributed by atoms with Crippen LogP contribution in [0, 0.1) is 6.92 Å². The third kappa shape index (κ3) is 2.63. The van der Waals surface area contributed by atoms with Gasteiger partial charge in [0.1, 0.15) is 0 Å². The highest BCUT2D eigenvalue weighted by Crippen LogP contribution is 2.28. The first-order valence-electron chi connectivity index (χ1n) is 6.69. The molecule has 2 atom stereocenters. The molecule has 0 aromatic heterocycles. The molecule has 1 fully saturated rings. The van der Waals surface area contributed by atoms with Crippen LogP contribution in [-0.4, -0.2) is 26.2 Å². The number of nitrogens with one attached hydrogen (secondary N) is 1. The summed E-state index contributed by atoms with van der Waals surface area (Å²) in [5, 5.41) is 3.48. The second-order valence-corrected chi connectivity index (χ2v) is 5.14. The lowest BCUT2D eigenvalue weighted by Crippen LogP contribution is -2.49. The fourth-order valence-electron chi connectivity index (χ4n) is 3.05. The van der Waals surface area contributed by atoms with E-state index < -0.39 is 0 Å². The number of likely N-dealkylation sites (N-methyl/N-ethyl adjacent to an activating group) is 2. The van der Waals surface area contributed by atoms with Crippen LogP contribution in [0.15, 0.2) is 24.3 Å². The third-order valence-corrected chi connectivity index (χ3v) is 4.09. The molecule has 2 unspecified atom stereocenters. The minimum atomic E-state index is 0.633. The number of rotatable bonds is 3. The molecule has 17 heavy (non-hydrogen) atoms. The van der Waals surface area contributed by atoms with Crippen molar-refractivity contribution in [3.05, 3.63) is 29.8 Å². The van der Waals surface area contributed by atoms with Crippen molar-refractivity contribution in [2.75, 3.05) is 19.0 Å². The van der Waals surface area contributed by atoms with Crippen molar-refractivity contribution >= 4 is 5.69 Å². The van der Waals surface area contributed by atoms with Crippen LogP contribution in [0.25, 0.3) is 0 Å². The molecule has 1 aliphatic rings. The second-order valence-electron chi connectivity index (χ2n) is 5.14. The van der Waals surface area contributed by atoms with Crippen molar-refractivity contribution in [2.24, 2.45) is 0 Å². The summed E-state index contributed by atoms with van der Waals surface area (Å²) < 4.78 is 0. The van der Waals surface area contributed by atoms with Crippen molar-refractivity contribution in [3.8, 4) is 0 Å². The average Bonchev–Trinajstić information content (AvgIpc) is 2.38. The molecule has 94 valence electrons. The minimum absolute atomic E-state index is 0.633. The van der Waals surface area contributed by atoms with E-state index in [1.807, 2.05) is 0 Å². The summed E-state index contributed by atoms with van der Waals surface area (Å²) in [6.07, 6.45) is 5.33. The van der Waals surface area contributed by atoms with Gasteiger partial charge in [-0.15, -0.1) is 0 Å². The topological polar surface area (TPSA) is 15.3 Å². The first-order chi connectivity index (χ1) is 8.24. The maximum absolute atomic E-state index is 3.48. The Balaban J connectivity index is 2.18. The SMILES string of the molecule is CNC1CCCCC1N(C)c1ccccc1C. The Bertz CT molecular complexity index is 362. The highest BCUT2D eigenvalue weighted by Gasteiger charge is 2.27. The molecule has 0 saturated heterocycles. The van der Waals surface area contributed by atoms with Gasteiger partial charge in [0.05, 0.1) is 0 Å². The lowest BCUT2D eigenvalue weighted by molar-refractivity contribution is 0.335. The van der Waals surface area contributed by atoms with E-state index in [0.717, 1.165) is 0 Å². The van der Waals surface area contributed by atoms with Crippen LogP contribution in [-0.2, 0) is 0 Å². The quantitative estimate of drug-likeness (QED) is 0.862. The average molecular weight is 232 g/mol. The van der Waals surface area contributed by atoms with Crippen LogP contribution in [0.2, 0.25) is 0 Å². The largest absolute Gasteiger partial charge is 0.370 e. The monoisotopic (exact) mass is 232 g/mol. The van der Waals surface area contributed by atoms with E-state index in [1.165, 1.54) is 36.9 Å². The molecule has 0 amide bonds. The smallest absolute Gasteiger partial charge is 0.0439 e. The summed E-state index contributed by atoms with van der Waals surface area (Å²) in [5.41, 5.74) is 2.75. The van der Waals surface area contributed by atoms with Crippen LogP contribution in [0.4, 0.5) is 5.69 Å². The first kappa shape index (κ1) is 12.4.